The van der Waals surface area contributed by atoms with Crippen molar-refractivity contribution in [2.45, 2.75) is 37.9 Å². The number of nitrogens with one attached hydrogen (secondary N) is 1. The molecule has 0 saturated heterocycles. The predicted octanol–water partition coefficient (Wildman–Crippen LogP) is 2.95. The molecule has 21 heavy (non-hydrogen) atoms. The summed E-state index contributed by atoms with van der Waals surface area (Å²) in [4.78, 5) is 12.2. The molecule has 3 N–H and O–H groups in total. The van der Waals surface area contributed by atoms with Gasteiger partial charge in [-0.25, -0.2) is 0 Å². The zero-order valence-corrected chi connectivity index (χ0v) is 11.6. The number of nitrogens with two attached hydrogens (primary N) is 1. The fourth-order valence-corrected chi connectivity index (χ4v) is 2.85. The number of amides is 1. The highest BCUT2D eigenvalue weighted by Gasteiger charge is 2.35. The van der Waals surface area contributed by atoms with Gasteiger partial charge in [-0.3, -0.25) is 4.79 Å². The van der Waals surface area contributed by atoms with E-state index in [-0.39, 0.29) is 17.5 Å². The molecule has 2 unspecified atom stereocenters. The van der Waals surface area contributed by atoms with Gasteiger partial charge in [-0.2, -0.15) is 13.2 Å². The fraction of sp³-hybridized carbons (Fsp3) is 0.533. The van der Waals surface area contributed by atoms with Gasteiger partial charge in [-0.1, -0.05) is 25.0 Å². The van der Waals surface area contributed by atoms with Gasteiger partial charge in [0, 0.05) is 6.04 Å². The molecule has 6 heteroatoms. The molecule has 1 fully saturated rings. The van der Waals surface area contributed by atoms with Crippen LogP contribution in [0.15, 0.2) is 24.3 Å². The lowest BCUT2D eigenvalue weighted by atomic mass is 9.84. The molecule has 0 heterocycles. The quantitative estimate of drug-likeness (QED) is 0.901. The summed E-state index contributed by atoms with van der Waals surface area (Å²) in [7, 11) is 0. The predicted molar refractivity (Wildman–Crippen MR) is 73.7 cm³/mol. The maximum absolute atomic E-state index is 12.9. The summed E-state index contributed by atoms with van der Waals surface area (Å²) in [6.07, 6.45) is -0.854. The topological polar surface area (TPSA) is 55.1 Å². The Morgan fingerprint density at radius 3 is 2.57 bits per heavy atom. The van der Waals surface area contributed by atoms with Crippen LogP contribution >= 0.6 is 0 Å². The highest BCUT2D eigenvalue weighted by Crippen LogP contribution is 2.32. The monoisotopic (exact) mass is 300 g/mol. The van der Waals surface area contributed by atoms with Crippen LogP contribution in [0, 0.1) is 5.92 Å². The minimum absolute atomic E-state index is 0.140. The Labute approximate surface area is 121 Å². The smallest absolute Gasteiger partial charge is 0.349 e. The Bertz CT molecular complexity index is 502. The largest absolute Gasteiger partial charge is 0.417 e. The van der Waals surface area contributed by atoms with Crippen LogP contribution in [0.5, 0.6) is 0 Å². The first-order valence-electron chi connectivity index (χ1n) is 7.10. The van der Waals surface area contributed by atoms with Crippen molar-refractivity contribution in [1.29, 1.82) is 0 Å². The van der Waals surface area contributed by atoms with Crippen molar-refractivity contribution in [2.75, 3.05) is 6.54 Å². The van der Waals surface area contributed by atoms with Crippen molar-refractivity contribution < 1.29 is 18.0 Å². The van der Waals surface area contributed by atoms with Gasteiger partial charge in [-0.05, 0) is 37.4 Å². The molecule has 0 aromatic heterocycles. The number of benzene rings is 1. The highest BCUT2D eigenvalue weighted by molar-refractivity contribution is 5.96. The third-order valence-corrected chi connectivity index (χ3v) is 4.01. The van der Waals surface area contributed by atoms with E-state index in [0.29, 0.717) is 6.54 Å². The molecule has 0 spiro atoms. The zero-order chi connectivity index (χ0) is 15.5. The lowest BCUT2D eigenvalue weighted by Crippen LogP contribution is -2.45. The average Bonchev–Trinajstić information content (AvgIpc) is 2.47. The molecular formula is C15H19F3N2O. The first kappa shape index (κ1) is 15.8. The fourth-order valence-electron chi connectivity index (χ4n) is 2.85. The maximum Gasteiger partial charge on any atom is 0.417 e. The van der Waals surface area contributed by atoms with Crippen molar-refractivity contribution in [3.8, 4) is 0 Å². The molecule has 0 radical (unpaired) electrons. The standard InChI is InChI=1S/C15H19F3N2O/c16-15(17,18)12-7-3-2-6-11(12)14(21)20-13-8-4-1-5-10(13)9-19/h2-3,6-7,10,13H,1,4-5,8-9,19H2,(H,20,21). The number of rotatable bonds is 3. The van der Waals surface area contributed by atoms with Gasteiger partial charge in [0.15, 0.2) is 0 Å². The Morgan fingerprint density at radius 1 is 1.24 bits per heavy atom. The molecule has 1 aromatic carbocycles. The molecule has 1 aliphatic carbocycles. The summed E-state index contributed by atoms with van der Waals surface area (Å²) in [5.41, 5.74) is 4.45. The second kappa shape index (κ2) is 6.47. The summed E-state index contributed by atoms with van der Waals surface area (Å²) >= 11 is 0. The molecular weight excluding hydrogens is 281 g/mol. The minimum Gasteiger partial charge on any atom is -0.349 e. The van der Waals surface area contributed by atoms with Crippen LogP contribution in [-0.4, -0.2) is 18.5 Å². The number of halogens is 3. The molecule has 116 valence electrons. The van der Waals surface area contributed by atoms with E-state index in [0.717, 1.165) is 31.7 Å². The first-order chi connectivity index (χ1) is 9.93. The molecule has 2 atom stereocenters. The van der Waals surface area contributed by atoms with Crippen LogP contribution in [0.25, 0.3) is 0 Å². The van der Waals surface area contributed by atoms with Crippen molar-refractivity contribution >= 4 is 5.91 Å². The van der Waals surface area contributed by atoms with Crippen LogP contribution in [0.2, 0.25) is 0 Å². The van der Waals surface area contributed by atoms with Gasteiger partial charge in [-0.15, -0.1) is 0 Å². The van der Waals surface area contributed by atoms with E-state index in [9.17, 15) is 18.0 Å². The van der Waals surface area contributed by atoms with Gasteiger partial charge < -0.3 is 11.1 Å². The second-order valence-electron chi connectivity index (χ2n) is 5.40. The van der Waals surface area contributed by atoms with Crippen molar-refractivity contribution in [2.24, 2.45) is 11.7 Å². The number of alkyl halides is 3. The normalized spacial score (nSPS) is 22.9. The molecule has 1 aromatic rings. The Balaban J connectivity index is 2.17. The summed E-state index contributed by atoms with van der Waals surface area (Å²) < 4.78 is 38.8. The Morgan fingerprint density at radius 2 is 1.90 bits per heavy atom. The lowest BCUT2D eigenvalue weighted by Gasteiger charge is -2.31. The maximum atomic E-state index is 12.9. The van der Waals surface area contributed by atoms with E-state index in [1.165, 1.54) is 18.2 Å². The van der Waals surface area contributed by atoms with Crippen LogP contribution in [0.3, 0.4) is 0 Å². The molecule has 1 saturated carbocycles. The Kier molecular flexibility index (Phi) is 4.88. The minimum atomic E-state index is -4.53. The molecule has 2 rings (SSSR count). The van der Waals surface area contributed by atoms with E-state index in [4.69, 9.17) is 5.73 Å². The van der Waals surface area contributed by atoms with E-state index >= 15 is 0 Å². The van der Waals surface area contributed by atoms with Gasteiger partial charge >= 0.3 is 6.18 Å². The van der Waals surface area contributed by atoms with Crippen molar-refractivity contribution in [3.63, 3.8) is 0 Å². The van der Waals surface area contributed by atoms with Crippen molar-refractivity contribution in [3.05, 3.63) is 35.4 Å². The lowest BCUT2D eigenvalue weighted by molar-refractivity contribution is -0.137. The van der Waals surface area contributed by atoms with Crippen LogP contribution in [0.4, 0.5) is 13.2 Å². The molecule has 0 bridgehead atoms. The van der Waals surface area contributed by atoms with E-state index in [1.54, 1.807) is 0 Å². The summed E-state index contributed by atoms with van der Waals surface area (Å²) in [6.45, 7) is 0.436. The third-order valence-electron chi connectivity index (χ3n) is 4.01. The van der Waals surface area contributed by atoms with Crippen molar-refractivity contribution in [1.82, 2.24) is 5.32 Å². The second-order valence-corrected chi connectivity index (χ2v) is 5.40. The van der Waals surface area contributed by atoms with Crippen LogP contribution in [0.1, 0.15) is 41.6 Å². The van der Waals surface area contributed by atoms with E-state index in [2.05, 4.69) is 5.32 Å². The Hall–Kier alpha value is -1.56. The van der Waals surface area contributed by atoms with E-state index in [1.807, 2.05) is 0 Å². The summed E-state index contributed by atoms with van der Waals surface area (Å²) in [5.74, 6) is -0.533. The molecule has 1 aliphatic rings. The van der Waals surface area contributed by atoms with Crippen LogP contribution < -0.4 is 11.1 Å². The van der Waals surface area contributed by atoms with Gasteiger partial charge in [0.2, 0.25) is 0 Å². The number of carbonyl (C=O) groups excluding carboxylic acids is 1. The number of hydrogen-bond donors (Lipinski definition) is 2. The SMILES string of the molecule is NCC1CCCCC1NC(=O)c1ccccc1C(F)(F)F. The van der Waals surface area contributed by atoms with Gasteiger partial charge in [0.25, 0.3) is 5.91 Å². The molecule has 1 amide bonds. The number of hydrogen-bond acceptors (Lipinski definition) is 2. The molecule has 3 nitrogen and oxygen atoms in total. The first-order valence-corrected chi connectivity index (χ1v) is 7.10. The zero-order valence-electron chi connectivity index (χ0n) is 11.6. The number of carbonyl (C=O) groups is 1. The average molecular weight is 300 g/mol. The summed E-state index contributed by atoms with van der Waals surface area (Å²) in [6, 6.07) is 4.71. The third kappa shape index (κ3) is 3.75. The highest BCUT2D eigenvalue weighted by atomic mass is 19.4. The van der Waals surface area contributed by atoms with Gasteiger partial charge in [0.1, 0.15) is 0 Å². The summed E-state index contributed by atoms with van der Waals surface area (Å²) in [5, 5.41) is 2.73. The molecule has 0 aliphatic heterocycles. The van der Waals surface area contributed by atoms with Crippen LogP contribution in [-0.2, 0) is 6.18 Å². The van der Waals surface area contributed by atoms with Gasteiger partial charge in [0.05, 0.1) is 11.1 Å². The van der Waals surface area contributed by atoms with E-state index < -0.39 is 17.6 Å².